The number of anilines is 1. The SMILES string of the molecule is COC(=O)CN1CCN(C(=O)c2cc(Cl)ccc2N)CC1. The van der Waals surface area contributed by atoms with Crippen molar-refractivity contribution in [3.63, 3.8) is 0 Å². The summed E-state index contributed by atoms with van der Waals surface area (Å²) in [5.74, 6) is -0.401. The van der Waals surface area contributed by atoms with Crippen LogP contribution < -0.4 is 5.73 Å². The molecular weight excluding hydrogens is 294 g/mol. The smallest absolute Gasteiger partial charge is 0.319 e. The molecule has 6 nitrogen and oxygen atoms in total. The fraction of sp³-hybridized carbons (Fsp3) is 0.429. The summed E-state index contributed by atoms with van der Waals surface area (Å²) < 4.78 is 4.63. The first-order valence-corrected chi connectivity index (χ1v) is 7.02. The number of methoxy groups -OCH3 is 1. The van der Waals surface area contributed by atoms with Gasteiger partial charge >= 0.3 is 5.97 Å². The number of amides is 1. The number of nitrogens with two attached hydrogens (primary N) is 1. The second-order valence-corrected chi connectivity index (χ2v) is 5.31. The summed E-state index contributed by atoms with van der Waals surface area (Å²) in [5, 5.41) is 0.483. The first-order chi connectivity index (χ1) is 10.0. The van der Waals surface area contributed by atoms with E-state index in [0.29, 0.717) is 42.5 Å². The second kappa shape index (κ2) is 6.78. The quantitative estimate of drug-likeness (QED) is 0.661. The summed E-state index contributed by atoms with van der Waals surface area (Å²) in [7, 11) is 1.37. The summed E-state index contributed by atoms with van der Waals surface area (Å²) in [6.07, 6.45) is 0. The molecule has 1 aliphatic rings. The molecule has 0 aromatic heterocycles. The number of nitrogen functional groups attached to an aromatic ring is 1. The molecule has 1 aromatic rings. The van der Waals surface area contributed by atoms with Crippen molar-refractivity contribution in [3.8, 4) is 0 Å². The monoisotopic (exact) mass is 311 g/mol. The average Bonchev–Trinajstić information content (AvgIpc) is 2.49. The van der Waals surface area contributed by atoms with Gasteiger partial charge in [-0.2, -0.15) is 0 Å². The predicted molar refractivity (Wildman–Crippen MR) is 80.2 cm³/mol. The highest BCUT2D eigenvalue weighted by Gasteiger charge is 2.24. The molecule has 2 N–H and O–H groups in total. The molecule has 1 amide bonds. The molecule has 21 heavy (non-hydrogen) atoms. The molecule has 0 unspecified atom stereocenters. The minimum atomic E-state index is -0.270. The number of hydrogen-bond acceptors (Lipinski definition) is 5. The Morgan fingerprint density at radius 1 is 1.29 bits per heavy atom. The average molecular weight is 312 g/mol. The van der Waals surface area contributed by atoms with Gasteiger partial charge < -0.3 is 15.4 Å². The number of carbonyl (C=O) groups excluding carboxylic acids is 2. The summed E-state index contributed by atoms with van der Waals surface area (Å²) in [5.41, 5.74) is 6.67. The fourth-order valence-corrected chi connectivity index (χ4v) is 2.41. The van der Waals surface area contributed by atoms with Gasteiger partial charge in [0.1, 0.15) is 0 Å². The van der Waals surface area contributed by atoms with Gasteiger partial charge in [-0.25, -0.2) is 0 Å². The van der Waals surface area contributed by atoms with Crippen molar-refractivity contribution in [3.05, 3.63) is 28.8 Å². The predicted octanol–water partition coefficient (Wildman–Crippen LogP) is 0.853. The Hall–Kier alpha value is -1.79. The lowest BCUT2D eigenvalue weighted by atomic mass is 10.1. The van der Waals surface area contributed by atoms with Gasteiger partial charge in [-0.1, -0.05) is 11.6 Å². The van der Waals surface area contributed by atoms with Crippen molar-refractivity contribution < 1.29 is 14.3 Å². The Bertz CT molecular complexity index is 542. The number of rotatable bonds is 3. The minimum absolute atomic E-state index is 0.132. The first kappa shape index (κ1) is 15.6. The summed E-state index contributed by atoms with van der Waals surface area (Å²) in [6.45, 7) is 2.59. The third-order valence-electron chi connectivity index (χ3n) is 3.49. The van der Waals surface area contributed by atoms with Crippen molar-refractivity contribution in [1.29, 1.82) is 0 Å². The number of nitrogens with zero attached hydrogens (tertiary/aromatic N) is 2. The van der Waals surface area contributed by atoms with E-state index in [1.807, 2.05) is 4.90 Å². The second-order valence-electron chi connectivity index (χ2n) is 4.88. The molecule has 1 aromatic carbocycles. The van der Waals surface area contributed by atoms with Crippen LogP contribution >= 0.6 is 11.6 Å². The molecule has 0 saturated carbocycles. The van der Waals surface area contributed by atoms with Gasteiger partial charge in [-0.3, -0.25) is 14.5 Å². The number of benzene rings is 1. The molecule has 0 spiro atoms. The zero-order chi connectivity index (χ0) is 15.4. The maximum Gasteiger partial charge on any atom is 0.319 e. The van der Waals surface area contributed by atoms with Crippen LogP contribution in [0.4, 0.5) is 5.69 Å². The van der Waals surface area contributed by atoms with Gasteiger partial charge in [0, 0.05) is 36.9 Å². The molecule has 1 heterocycles. The molecule has 0 atom stereocenters. The van der Waals surface area contributed by atoms with Crippen molar-refractivity contribution in [2.75, 3.05) is 45.6 Å². The topological polar surface area (TPSA) is 75.9 Å². The number of esters is 1. The standard InChI is InChI=1S/C14H18ClN3O3/c1-21-13(19)9-17-4-6-18(7-5-17)14(20)11-8-10(15)2-3-12(11)16/h2-3,8H,4-7,9,16H2,1H3. The Morgan fingerprint density at radius 2 is 1.95 bits per heavy atom. The maximum absolute atomic E-state index is 12.4. The molecular formula is C14H18ClN3O3. The van der Waals surface area contributed by atoms with Gasteiger partial charge in [0.15, 0.2) is 0 Å². The first-order valence-electron chi connectivity index (χ1n) is 6.64. The van der Waals surface area contributed by atoms with Gasteiger partial charge in [0.25, 0.3) is 5.91 Å². The van der Waals surface area contributed by atoms with E-state index >= 15 is 0 Å². The van der Waals surface area contributed by atoms with Gasteiger partial charge in [0.05, 0.1) is 19.2 Å². The highest BCUT2D eigenvalue weighted by Crippen LogP contribution is 2.20. The third-order valence-corrected chi connectivity index (χ3v) is 3.72. The van der Waals surface area contributed by atoms with Crippen LogP contribution in [0, 0.1) is 0 Å². The third kappa shape index (κ3) is 3.86. The number of hydrogen-bond donors (Lipinski definition) is 1. The van der Waals surface area contributed by atoms with E-state index < -0.39 is 0 Å². The molecule has 0 bridgehead atoms. The normalized spacial score (nSPS) is 15.8. The highest BCUT2D eigenvalue weighted by atomic mass is 35.5. The lowest BCUT2D eigenvalue weighted by Crippen LogP contribution is -2.50. The number of piperazine rings is 1. The van der Waals surface area contributed by atoms with E-state index in [1.165, 1.54) is 7.11 Å². The van der Waals surface area contributed by atoms with Crippen LogP contribution in [-0.2, 0) is 9.53 Å². The Balaban J connectivity index is 1.97. The molecule has 1 aliphatic heterocycles. The van der Waals surface area contributed by atoms with E-state index in [2.05, 4.69) is 4.74 Å². The summed E-state index contributed by atoms with van der Waals surface area (Å²) in [6, 6.07) is 4.87. The largest absolute Gasteiger partial charge is 0.468 e. The lowest BCUT2D eigenvalue weighted by Gasteiger charge is -2.34. The number of halogens is 1. The Labute approximate surface area is 128 Å². The van der Waals surface area contributed by atoms with E-state index in [9.17, 15) is 9.59 Å². The van der Waals surface area contributed by atoms with Gasteiger partial charge in [-0.05, 0) is 18.2 Å². The number of ether oxygens (including phenoxy) is 1. The molecule has 2 rings (SSSR count). The van der Waals surface area contributed by atoms with Crippen LogP contribution in [-0.4, -0.2) is 61.5 Å². The van der Waals surface area contributed by atoms with E-state index in [0.717, 1.165) is 0 Å². The van der Waals surface area contributed by atoms with Crippen molar-refractivity contribution in [2.24, 2.45) is 0 Å². The van der Waals surface area contributed by atoms with Gasteiger partial charge in [0.2, 0.25) is 0 Å². The van der Waals surface area contributed by atoms with Crippen LogP contribution in [0.1, 0.15) is 10.4 Å². The van der Waals surface area contributed by atoms with Crippen molar-refractivity contribution >= 4 is 29.2 Å². The van der Waals surface area contributed by atoms with Crippen molar-refractivity contribution in [1.82, 2.24) is 9.80 Å². The highest BCUT2D eigenvalue weighted by molar-refractivity contribution is 6.31. The van der Waals surface area contributed by atoms with Crippen LogP contribution in [0.2, 0.25) is 5.02 Å². The van der Waals surface area contributed by atoms with Crippen LogP contribution in [0.15, 0.2) is 18.2 Å². The molecule has 0 aliphatic carbocycles. The zero-order valence-electron chi connectivity index (χ0n) is 11.8. The molecule has 0 radical (unpaired) electrons. The van der Waals surface area contributed by atoms with Crippen LogP contribution in [0.5, 0.6) is 0 Å². The minimum Gasteiger partial charge on any atom is -0.468 e. The van der Waals surface area contributed by atoms with Gasteiger partial charge in [-0.15, -0.1) is 0 Å². The molecule has 114 valence electrons. The Morgan fingerprint density at radius 3 is 2.57 bits per heavy atom. The van der Waals surface area contributed by atoms with Crippen molar-refractivity contribution in [2.45, 2.75) is 0 Å². The maximum atomic E-state index is 12.4. The molecule has 1 fully saturated rings. The lowest BCUT2D eigenvalue weighted by molar-refractivity contribution is -0.142. The summed E-state index contributed by atoms with van der Waals surface area (Å²) >= 11 is 5.91. The number of carbonyl (C=O) groups is 2. The fourth-order valence-electron chi connectivity index (χ4n) is 2.24. The van der Waals surface area contributed by atoms with E-state index in [-0.39, 0.29) is 18.4 Å². The van der Waals surface area contributed by atoms with Crippen LogP contribution in [0.25, 0.3) is 0 Å². The molecule has 1 saturated heterocycles. The van der Waals surface area contributed by atoms with Crippen LogP contribution in [0.3, 0.4) is 0 Å². The van der Waals surface area contributed by atoms with E-state index in [4.69, 9.17) is 17.3 Å². The molecule has 7 heteroatoms. The summed E-state index contributed by atoms with van der Waals surface area (Å²) in [4.78, 5) is 27.3. The van der Waals surface area contributed by atoms with E-state index in [1.54, 1.807) is 23.1 Å². The Kier molecular flexibility index (Phi) is 5.03. The zero-order valence-corrected chi connectivity index (χ0v) is 12.6.